The van der Waals surface area contributed by atoms with Gasteiger partial charge in [-0.1, -0.05) is 13.8 Å². The van der Waals surface area contributed by atoms with Crippen molar-refractivity contribution in [2.75, 3.05) is 19.7 Å². The number of rotatable bonds is 18. The molecule has 12 heteroatoms. The van der Waals surface area contributed by atoms with Gasteiger partial charge >= 0.3 is 5.97 Å². The van der Waals surface area contributed by atoms with Crippen LogP contribution in [0.5, 0.6) is 0 Å². The molecule has 0 aromatic heterocycles. The zero-order valence-electron chi connectivity index (χ0n) is 19.7. The van der Waals surface area contributed by atoms with Gasteiger partial charge in [-0.15, -0.1) is 0 Å². The molecule has 33 heavy (non-hydrogen) atoms. The van der Waals surface area contributed by atoms with Crippen LogP contribution in [0.3, 0.4) is 0 Å². The lowest BCUT2D eigenvalue weighted by Gasteiger charge is -2.24. The molecule has 12 nitrogen and oxygen atoms in total. The number of hydrogen-bond acceptors (Lipinski definition) is 8. The molecule has 0 spiro atoms. The summed E-state index contributed by atoms with van der Waals surface area (Å²) >= 11 is 0. The van der Waals surface area contributed by atoms with Gasteiger partial charge in [0.25, 0.3) is 0 Å². The number of aliphatic hydroxyl groups excluding tert-OH is 1. The van der Waals surface area contributed by atoms with Crippen LogP contribution in [0.1, 0.15) is 58.8 Å². The molecule has 0 fully saturated rings. The summed E-state index contributed by atoms with van der Waals surface area (Å²) < 4.78 is 0. The quantitative estimate of drug-likeness (QED) is 0.104. The van der Waals surface area contributed by atoms with Crippen LogP contribution in [0, 0.1) is 5.92 Å². The number of carboxylic acids is 1. The SMILES string of the molecule is CC(C)CC(N)C(=O)NC(CCCCN)C(=O)NC(CO)C(=O)NC(CCCCN)C(=O)O. The van der Waals surface area contributed by atoms with Crippen molar-refractivity contribution >= 4 is 23.7 Å². The minimum absolute atomic E-state index is 0.163. The van der Waals surface area contributed by atoms with Crippen LogP contribution in [0.2, 0.25) is 0 Å². The molecule has 0 aliphatic carbocycles. The van der Waals surface area contributed by atoms with Crippen LogP contribution in [0.4, 0.5) is 0 Å². The molecule has 0 aromatic carbocycles. The zero-order valence-corrected chi connectivity index (χ0v) is 19.7. The normalized spacial score (nSPS) is 14.8. The van der Waals surface area contributed by atoms with Gasteiger partial charge in [-0.2, -0.15) is 0 Å². The van der Waals surface area contributed by atoms with E-state index in [2.05, 4.69) is 16.0 Å². The second kappa shape index (κ2) is 17.2. The summed E-state index contributed by atoms with van der Waals surface area (Å²) in [6.45, 7) is 3.90. The van der Waals surface area contributed by atoms with Gasteiger partial charge in [0.2, 0.25) is 17.7 Å². The van der Waals surface area contributed by atoms with Gasteiger partial charge in [0.15, 0.2) is 0 Å². The fraction of sp³-hybridized carbons (Fsp3) is 0.810. The Balaban J connectivity index is 5.18. The molecule has 0 heterocycles. The molecule has 11 N–H and O–H groups in total. The van der Waals surface area contributed by atoms with Gasteiger partial charge in [0.05, 0.1) is 12.6 Å². The van der Waals surface area contributed by atoms with Crippen molar-refractivity contribution in [3.8, 4) is 0 Å². The number of amides is 3. The monoisotopic (exact) mass is 474 g/mol. The van der Waals surface area contributed by atoms with Crippen molar-refractivity contribution < 1.29 is 29.4 Å². The van der Waals surface area contributed by atoms with Crippen LogP contribution >= 0.6 is 0 Å². The third-order valence-electron chi connectivity index (χ3n) is 5.02. The first kappa shape index (κ1) is 30.7. The van der Waals surface area contributed by atoms with E-state index in [-0.39, 0.29) is 18.8 Å². The topological polar surface area (TPSA) is 223 Å². The van der Waals surface area contributed by atoms with Crippen molar-refractivity contribution in [2.45, 2.75) is 83.0 Å². The number of hydrogen-bond donors (Lipinski definition) is 8. The highest BCUT2D eigenvalue weighted by Gasteiger charge is 2.29. The van der Waals surface area contributed by atoms with Gasteiger partial charge in [-0.05, 0) is 64.0 Å². The Morgan fingerprint density at radius 2 is 1.21 bits per heavy atom. The molecule has 4 unspecified atom stereocenters. The van der Waals surface area contributed by atoms with Gasteiger partial charge < -0.3 is 43.4 Å². The van der Waals surface area contributed by atoms with E-state index in [9.17, 15) is 29.4 Å². The second-order valence-corrected chi connectivity index (χ2v) is 8.51. The number of nitrogens with two attached hydrogens (primary N) is 3. The number of nitrogens with one attached hydrogen (secondary N) is 3. The summed E-state index contributed by atoms with van der Waals surface area (Å²) in [6.07, 6.45) is 3.14. The minimum Gasteiger partial charge on any atom is -0.480 e. The highest BCUT2D eigenvalue weighted by Crippen LogP contribution is 2.06. The lowest BCUT2D eigenvalue weighted by atomic mass is 10.0. The first-order valence-electron chi connectivity index (χ1n) is 11.5. The summed E-state index contributed by atoms with van der Waals surface area (Å²) in [5.41, 5.74) is 16.8. The molecule has 192 valence electrons. The number of carboxylic acid groups (broad SMARTS) is 1. The maximum Gasteiger partial charge on any atom is 0.326 e. The number of aliphatic hydroxyl groups is 1. The Morgan fingerprint density at radius 1 is 0.758 bits per heavy atom. The summed E-state index contributed by atoms with van der Waals surface area (Å²) in [4.78, 5) is 49.1. The molecule has 4 atom stereocenters. The van der Waals surface area contributed by atoms with E-state index in [1.807, 2.05) is 13.8 Å². The predicted molar refractivity (Wildman–Crippen MR) is 124 cm³/mol. The minimum atomic E-state index is -1.38. The van der Waals surface area contributed by atoms with Crippen molar-refractivity contribution in [1.29, 1.82) is 0 Å². The summed E-state index contributed by atoms with van der Waals surface area (Å²) in [5, 5.41) is 26.2. The molecular formula is C21H42N6O6. The van der Waals surface area contributed by atoms with Crippen molar-refractivity contribution in [3.05, 3.63) is 0 Å². The highest BCUT2D eigenvalue weighted by molar-refractivity contribution is 5.94. The van der Waals surface area contributed by atoms with Crippen LogP contribution in [-0.2, 0) is 19.2 Å². The number of unbranched alkanes of at least 4 members (excludes halogenated alkanes) is 2. The van der Waals surface area contributed by atoms with Gasteiger partial charge in [-0.3, -0.25) is 14.4 Å². The smallest absolute Gasteiger partial charge is 0.326 e. The molecule has 0 saturated heterocycles. The van der Waals surface area contributed by atoms with E-state index in [0.717, 1.165) is 0 Å². The first-order valence-corrected chi connectivity index (χ1v) is 11.5. The van der Waals surface area contributed by atoms with Crippen LogP contribution in [0.15, 0.2) is 0 Å². The number of aliphatic carboxylic acids is 1. The second-order valence-electron chi connectivity index (χ2n) is 8.51. The third kappa shape index (κ3) is 13.1. The van der Waals surface area contributed by atoms with E-state index in [0.29, 0.717) is 45.2 Å². The maximum absolute atomic E-state index is 12.8. The van der Waals surface area contributed by atoms with E-state index < -0.39 is 54.5 Å². The molecule has 0 aliphatic heterocycles. The molecule has 0 aromatic rings. The largest absolute Gasteiger partial charge is 0.480 e. The average Bonchev–Trinajstić information content (AvgIpc) is 2.75. The molecule has 3 amide bonds. The molecule has 0 bridgehead atoms. The Hall–Kier alpha value is -2.28. The molecule has 0 radical (unpaired) electrons. The summed E-state index contributed by atoms with van der Waals surface area (Å²) in [5.74, 6) is -3.05. The standard InChI is InChI=1S/C21H42N6O6/c1-13(2)11-14(24)18(29)25-15(7-3-5-9-22)19(30)27-17(12-28)20(31)26-16(21(32)33)8-4-6-10-23/h13-17,28H,3-12,22-24H2,1-2H3,(H,25,29)(H,26,31)(H,27,30)(H,32,33). The van der Waals surface area contributed by atoms with Gasteiger partial charge in [0.1, 0.15) is 18.1 Å². The summed E-state index contributed by atoms with van der Waals surface area (Å²) in [6, 6.07) is -4.34. The van der Waals surface area contributed by atoms with Crippen LogP contribution in [-0.4, -0.2) is 77.8 Å². The summed E-state index contributed by atoms with van der Waals surface area (Å²) in [7, 11) is 0. The first-order chi connectivity index (χ1) is 15.6. The van der Waals surface area contributed by atoms with E-state index >= 15 is 0 Å². The maximum atomic E-state index is 12.8. The molecule has 0 saturated carbocycles. The van der Waals surface area contributed by atoms with Crippen molar-refractivity contribution in [3.63, 3.8) is 0 Å². The van der Waals surface area contributed by atoms with Gasteiger partial charge in [-0.25, -0.2) is 4.79 Å². The van der Waals surface area contributed by atoms with E-state index in [1.54, 1.807) is 0 Å². The Kier molecular flexibility index (Phi) is 16.0. The number of carbonyl (C=O) groups is 4. The zero-order chi connectivity index (χ0) is 25.4. The Labute approximate surface area is 195 Å². The van der Waals surface area contributed by atoms with Crippen LogP contribution in [0.25, 0.3) is 0 Å². The Morgan fingerprint density at radius 3 is 1.67 bits per heavy atom. The molecule has 0 aliphatic rings. The lowest BCUT2D eigenvalue weighted by Crippen LogP contribution is -2.58. The highest BCUT2D eigenvalue weighted by atomic mass is 16.4. The van der Waals surface area contributed by atoms with Crippen molar-refractivity contribution in [1.82, 2.24) is 16.0 Å². The van der Waals surface area contributed by atoms with E-state index in [1.165, 1.54) is 0 Å². The van der Waals surface area contributed by atoms with Gasteiger partial charge in [0, 0.05) is 0 Å². The molecule has 0 rings (SSSR count). The van der Waals surface area contributed by atoms with E-state index in [4.69, 9.17) is 17.2 Å². The van der Waals surface area contributed by atoms with Crippen molar-refractivity contribution in [2.24, 2.45) is 23.1 Å². The average molecular weight is 475 g/mol. The molecular weight excluding hydrogens is 432 g/mol. The Bertz CT molecular complexity index is 618. The number of carbonyl (C=O) groups excluding carboxylic acids is 3. The lowest BCUT2D eigenvalue weighted by molar-refractivity contribution is -0.142. The predicted octanol–water partition coefficient (Wildman–Crippen LogP) is -1.85. The fourth-order valence-corrected chi connectivity index (χ4v) is 3.14. The van der Waals surface area contributed by atoms with Crippen LogP contribution < -0.4 is 33.2 Å². The third-order valence-corrected chi connectivity index (χ3v) is 5.02. The fourth-order valence-electron chi connectivity index (χ4n) is 3.14.